The van der Waals surface area contributed by atoms with Crippen molar-refractivity contribution in [3.63, 3.8) is 0 Å². The van der Waals surface area contributed by atoms with Crippen LogP contribution < -0.4 is 5.73 Å². The number of hydrogen-bond acceptors (Lipinski definition) is 2. The first-order valence-corrected chi connectivity index (χ1v) is 8.00. The fraction of sp³-hybridized carbons (Fsp3) is 0.133. The minimum absolute atomic E-state index is 0.271. The molecule has 0 aliphatic carbocycles. The smallest absolute Gasteiger partial charge is 0.143 e. The van der Waals surface area contributed by atoms with Gasteiger partial charge in [0, 0.05) is 21.1 Å². The molecule has 3 rings (SSSR count). The van der Waals surface area contributed by atoms with Gasteiger partial charge in [0.25, 0.3) is 0 Å². The molecule has 3 aromatic rings. The summed E-state index contributed by atoms with van der Waals surface area (Å²) in [6, 6.07) is 8.41. The highest BCUT2D eigenvalue weighted by molar-refractivity contribution is 9.11. The van der Waals surface area contributed by atoms with E-state index in [0.717, 1.165) is 31.4 Å². The van der Waals surface area contributed by atoms with Gasteiger partial charge in [-0.3, -0.25) is 0 Å². The van der Waals surface area contributed by atoms with Crippen molar-refractivity contribution in [3.05, 3.63) is 45.1 Å². The average molecular weight is 413 g/mol. The number of halogens is 3. The number of hydrogen-bond donors (Lipinski definition) is 1. The quantitative estimate of drug-likeness (QED) is 0.604. The van der Waals surface area contributed by atoms with Crippen LogP contribution in [0.2, 0.25) is 0 Å². The number of aromatic nitrogens is 2. The van der Waals surface area contributed by atoms with Gasteiger partial charge in [-0.2, -0.15) is 0 Å². The van der Waals surface area contributed by atoms with Crippen LogP contribution in [0.3, 0.4) is 0 Å². The van der Waals surface area contributed by atoms with Crippen molar-refractivity contribution >= 4 is 48.6 Å². The van der Waals surface area contributed by atoms with Crippen LogP contribution >= 0.6 is 31.9 Å². The molecular formula is C15H12Br2FN3. The highest BCUT2D eigenvalue weighted by Gasteiger charge is 2.16. The van der Waals surface area contributed by atoms with Crippen molar-refractivity contribution in [1.29, 1.82) is 0 Å². The van der Waals surface area contributed by atoms with Gasteiger partial charge >= 0.3 is 0 Å². The number of aryl methyl sites for hydroxylation is 1. The van der Waals surface area contributed by atoms with Crippen LogP contribution in [0.4, 0.5) is 10.1 Å². The summed E-state index contributed by atoms with van der Waals surface area (Å²) in [5, 5.41) is 0. The zero-order chi connectivity index (χ0) is 15.1. The van der Waals surface area contributed by atoms with Crippen LogP contribution in [0.5, 0.6) is 0 Å². The first-order chi connectivity index (χ1) is 10.0. The molecule has 0 unspecified atom stereocenters. The Kier molecular flexibility index (Phi) is 3.75. The van der Waals surface area contributed by atoms with Gasteiger partial charge in [0.05, 0.1) is 16.7 Å². The maximum atomic E-state index is 13.5. The molecule has 3 nitrogen and oxygen atoms in total. The number of anilines is 1. The summed E-state index contributed by atoms with van der Waals surface area (Å²) >= 11 is 6.91. The summed E-state index contributed by atoms with van der Waals surface area (Å²) in [5.74, 6) is 0.463. The summed E-state index contributed by atoms with van der Waals surface area (Å²) in [5.41, 5.74) is 9.11. The third-order valence-electron chi connectivity index (χ3n) is 3.36. The van der Waals surface area contributed by atoms with E-state index < -0.39 is 0 Å². The molecule has 0 atom stereocenters. The van der Waals surface area contributed by atoms with Gasteiger partial charge in [-0.15, -0.1) is 0 Å². The van der Waals surface area contributed by atoms with Crippen LogP contribution in [0, 0.1) is 5.82 Å². The lowest BCUT2D eigenvalue weighted by Crippen LogP contribution is -2.01. The Morgan fingerprint density at radius 3 is 2.71 bits per heavy atom. The van der Waals surface area contributed by atoms with E-state index in [-0.39, 0.29) is 5.82 Å². The summed E-state index contributed by atoms with van der Waals surface area (Å²) in [6.45, 7) is 2.68. The van der Waals surface area contributed by atoms with Crippen LogP contribution in [0.15, 0.2) is 39.3 Å². The summed E-state index contributed by atoms with van der Waals surface area (Å²) in [4.78, 5) is 4.61. The largest absolute Gasteiger partial charge is 0.397 e. The molecule has 21 heavy (non-hydrogen) atoms. The Balaban J connectivity index is 2.35. The molecule has 1 aromatic heterocycles. The third-order valence-corrected chi connectivity index (χ3v) is 4.48. The molecule has 0 bridgehead atoms. The van der Waals surface area contributed by atoms with Crippen molar-refractivity contribution in [2.45, 2.75) is 13.5 Å². The highest BCUT2D eigenvalue weighted by atomic mass is 79.9. The van der Waals surface area contributed by atoms with Gasteiger partial charge in [0.15, 0.2) is 0 Å². The van der Waals surface area contributed by atoms with Gasteiger partial charge in [-0.05, 0) is 53.2 Å². The minimum atomic E-state index is -0.271. The standard InChI is InChI=1S/C15H12Br2FN3/c1-2-21-13-7-9(18)3-4-12(13)20-15(21)10-5-8(16)6-11(17)14(10)19/h3-7H,2,19H2,1H3. The fourth-order valence-corrected chi connectivity index (χ4v) is 3.62. The van der Waals surface area contributed by atoms with E-state index in [1.165, 1.54) is 12.1 Å². The minimum Gasteiger partial charge on any atom is -0.397 e. The zero-order valence-corrected chi connectivity index (χ0v) is 14.4. The van der Waals surface area contributed by atoms with E-state index in [1.54, 1.807) is 6.07 Å². The monoisotopic (exact) mass is 411 g/mol. The number of imidazole rings is 1. The van der Waals surface area contributed by atoms with Crippen molar-refractivity contribution in [3.8, 4) is 11.4 Å². The lowest BCUT2D eigenvalue weighted by atomic mass is 10.1. The van der Waals surface area contributed by atoms with Crippen molar-refractivity contribution < 1.29 is 4.39 Å². The van der Waals surface area contributed by atoms with Crippen LogP contribution in [0.1, 0.15) is 6.92 Å². The van der Waals surface area contributed by atoms with Gasteiger partial charge in [-0.25, -0.2) is 9.37 Å². The molecule has 0 aliphatic rings. The van der Waals surface area contributed by atoms with Crippen molar-refractivity contribution in [2.75, 3.05) is 5.73 Å². The number of nitrogens with zero attached hydrogens (tertiary/aromatic N) is 2. The molecule has 0 saturated heterocycles. The molecule has 0 aliphatic heterocycles. The molecule has 0 radical (unpaired) electrons. The fourth-order valence-electron chi connectivity index (χ4n) is 2.39. The Bertz CT molecular complexity index is 843. The third kappa shape index (κ3) is 2.46. The van der Waals surface area contributed by atoms with E-state index in [1.807, 2.05) is 23.6 Å². The molecule has 2 aromatic carbocycles. The first kappa shape index (κ1) is 14.5. The number of fused-ring (bicyclic) bond motifs is 1. The molecule has 0 fully saturated rings. The zero-order valence-electron chi connectivity index (χ0n) is 11.2. The van der Waals surface area contributed by atoms with Crippen LogP contribution in [-0.4, -0.2) is 9.55 Å². The van der Waals surface area contributed by atoms with E-state index in [4.69, 9.17) is 5.73 Å². The van der Waals surface area contributed by atoms with Gasteiger partial charge in [0.2, 0.25) is 0 Å². The van der Waals surface area contributed by atoms with Crippen LogP contribution in [-0.2, 0) is 6.54 Å². The Morgan fingerprint density at radius 2 is 2.00 bits per heavy atom. The predicted octanol–water partition coefficient (Wildman–Crippen LogP) is 4.97. The van der Waals surface area contributed by atoms with Crippen LogP contribution in [0.25, 0.3) is 22.4 Å². The summed E-state index contributed by atoms with van der Waals surface area (Å²) in [7, 11) is 0. The average Bonchev–Trinajstić information content (AvgIpc) is 2.80. The predicted molar refractivity (Wildman–Crippen MR) is 90.6 cm³/mol. The Labute approximate surface area is 138 Å². The van der Waals surface area contributed by atoms with Crippen molar-refractivity contribution in [1.82, 2.24) is 9.55 Å². The summed E-state index contributed by atoms with van der Waals surface area (Å²) < 4.78 is 17.2. The molecule has 6 heteroatoms. The molecule has 0 spiro atoms. The SMILES string of the molecule is CCn1c(-c2cc(Br)cc(Br)c2N)nc2ccc(F)cc21. The molecule has 2 N–H and O–H groups in total. The maximum absolute atomic E-state index is 13.5. The second-order valence-electron chi connectivity index (χ2n) is 4.66. The highest BCUT2D eigenvalue weighted by Crippen LogP contribution is 2.36. The molecule has 0 amide bonds. The van der Waals surface area contributed by atoms with Gasteiger partial charge in [-0.1, -0.05) is 15.9 Å². The van der Waals surface area contributed by atoms with Gasteiger partial charge < -0.3 is 10.3 Å². The van der Waals surface area contributed by atoms with E-state index in [2.05, 4.69) is 36.8 Å². The normalized spacial score (nSPS) is 11.2. The first-order valence-electron chi connectivity index (χ1n) is 6.42. The summed E-state index contributed by atoms with van der Waals surface area (Å²) in [6.07, 6.45) is 0. The molecule has 0 saturated carbocycles. The van der Waals surface area contributed by atoms with E-state index in [9.17, 15) is 4.39 Å². The molecule has 108 valence electrons. The lowest BCUT2D eigenvalue weighted by Gasteiger charge is -2.10. The Hall–Kier alpha value is -1.40. The number of rotatable bonds is 2. The van der Waals surface area contributed by atoms with Crippen molar-refractivity contribution in [2.24, 2.45) is 0 Å². The molecular weight excluding hydrogens is 401 g/mol. The number of nitrogens with two attached hydrogens (primary N) is 1. The molecule has 1 heterocycles. The topological polar surface area (TPSA) is 43.8 Å². The maximum Gasteiger partial charge on any atom is 0.143 e. The number of nitrogen functional groups attached to an aromatic ring is 1. The second kappa shape index (κ2) is 5.42. The second-order valence-corrected chi connectivity index (χ2v) is 6.43. The Morgan fingerprint density at radius 1 is 1.24 bits per heavy atom. The van der Waals surface area contributed by atoms with Gasteiger partial charge in [0.1, 0.15) is 11.6 Å². The number of benzene rings is 2. The van der Waals surface area contributed by atoms with E-state index in [0.29, 0.717) is 12.2 Å². The lowest BCUT2D eigenvalue weighted by molar-refractivity contribution is 0.628. The van der Waals surface area contributed by atoms with E-state index >= 15 is 0 Å².